The summed E-state index contributed by atoms with van der Waals surface area (Å²) in [5.74, 6) is -1.33. The second-order valence-electron chi connectivity index (χ2n) is 6.96. The first-order chi connectivity index (χ1) is 15.3. The molecule has 0 spiro atoms. The van der Waals surface area contributed by atoms with Crippen LogP contribution in [0, 0.1) is 5.82 Å². The molecular formula is C23H27ClFN3O4. The molecule has 2 N–H and O–H groups in total. The van der Waals surface area contributed by atoms with Crippen molar-refractivity contribution in [3.05, 3.63) is 52.8 Å². The Morgan fingerprint density at radius 3 is 2.38 bits per heavy atom. The lowest BCUT2D eigenvalue weighted by atomic mass is 10.1. The van der Waals surface area contributed by atoms with Gasteiger partial charge in [-0.1, -0.05) is 11.6 Å². The predicted molar refractivity (Wildman–Crippen MR) is 123 cm³/mol. The zero-order chi connectivity index (χ0) is 23.7. The minimum atomic E-state index is -0.752. The summed E-state index contributed by atoms with van der Waals surface area (Å²) in [4.78, 5) is 38.5. The van der Waals surface area contributed by atoms with Gasteiger partial charge < -0.3 is 20.3 Å². The molecule has 0 aromatic heterocycles. The smallest absolute Gasteiger partial charge is 0.258 e. The van der Waals surface area contributed by atoms with Crippen LogP contribution >= 0.6 is 11.6 Å². The van der Waals surface area contributed by atoms with Crippen LogP contribution in [0.5, 0.6) is 5.75 Å². The highest BCUT2D eigenvalue weighted by atomic mass is 35.5. The number of hydrogen-bond donors (Lipinski definition) is 2. The molecule has 7 nitrogen and oxygen atoms in total. The van der Waals surface area contributed by atoms with Crippen molar-refractivity contribution in [1.82, 2.24) is 4.90 Å². The molecular weight excluding hydrogens is 437 g/mol. The Labute approximate surface area is 191 Å². The van der Waals surface area contributed by atoms with Gasteiger partial charge in [0.2, 0.25) is 11.8 Å². The highest BCUT2D eigenvalue weighted by Crippen LogP contribution is 2.29. The summed E-state index contributed by atoms with van der Waals surface area (Å²) in [5.41, 5.74) is 0.517. The summed E-state index contributed by atoms with van der Waals surface area (Å²) in [6.45, 7) is 5.11. The Hall–Kier alpha value is -3.13. The van der Waals surface area contributed by atoms with Crippen molar-refractivity contribution in [3.63, 3.8) is 0 Å². The molecule has 2 aromatic carbocycles. The molecule has 0 atom stereocenters. The van der Waals surface area contributed by atoms with Crippen molar-refractivity contribution in [2.75, 3.05) is 30.8 Å². The number of nitrogens with one attached hydrogen (secondary N) is 2. The molecule has 0 aliphatic rings. The first kappa shape index (κ1) is 25.1. The largest absolute Gasteiger partial charge is 0.495 e. The maximum Gasteiger partial charge on any atom is 0.258 e. The van der Waals surface area contributed by atoms with Gasteiger partial charge in [0.15, 0.2) is 0 Å². The minimum Gasteiger partial charge on any atom is -0.495 e. The number of anilines is 2. The van der Waals surface area contributed by atoms with Gasteiger partial charge in [0.1, 0.15) is 11.6 Å². The SMILES string of the molecule is CCN(CC)C(=O)CCCC(=O)Nc1ccc(OC)c(NC(=O)c2ccc(Cl)cc2F)c1. The maximum atomic E-state index is 14.0. The van der Waals surface area contributed by atoms with E-state index in [2.05, 4.69) is 10.6 Å². The molecule has 0 saturated carbocycles. The Morgan fingerprint density at radius 2 is 1.75 bits per heavy atom. The fourth-order valence-corrected chi connectivity index (χ4v) is 3.26. The topological polar surface area (TPSA) is 87.7 Å². The lowest BCUT2D eigenvalue weighted by Gasteiger charge is -2.18. The van der Waals surface area contributed by atoms with Crippen LogP contribution in [-0.2, 0) is 9.59 Å². The Morgan fingerprint density at radius 1 is 1.03 bits per heavy atom. The Balaban J connectivity index is 2.02. The van der Waals surface area contributed by atoms with Gasteiger partial charge >= 0.3 is 0 Å². The molecule has 0 saturated heterocycles. The van der Waals surface area contributed by atoms with Gasteiger partial charge in [0.05, 0.1) is 18.4 Å². The normalized spacial score (nSPS) is 10.4. The molecule has 0 fully saturated rings. The number of nitrogens with zero attached hydrogens (tertiary/aromatic N) is 1. The fraction of sp³-hybridized carbons (Fsp3) is 0.348. The monoisotopic (exact) mass is 463 g/mol. The summed E-state index contributed by atoms with van der Waals surface area (Å²) >= 11 is 5.73. The van der Waals surface area contributed by atoms with Crippen molar-refractivity contribution in [2.45, 2.75) is 33.1 Å². The predicted octanol–water partition coefficient (Wildman–Crippen LogP) is 4.72. The zero-order valence-electron chi connectivity index (χ0n) is 18.3. The Kier molecular flexibility index (Phi) is 9.46. The van der Waals surface area contributed by atoms with E-state index in [-0.39, 0.29) is 34.5 Å². The lowest BCUT2D eigenvalue weighted by Crippen LogP contribution is -2.30. The van der Waals surface area contributed by atoms with E-state index in [4.69, 9.17) is 16.3 Å². The van der Waals surface area contributed by atoms with Crippen LogP contribution in [0.3, 0.4) is 0 Å². The first-order valence-corrected chi connectivity index (χ1v) is 10.7. The zero-order valence-corrected chi connectivity index (χ0v) is 19.1. The van der Waals surface area contributed by atoms with Crippen molar-refractivity contribution in [1.29, 1.82) is 0 Å². The lowest BCUT2D eigenvalue weighted by molar-refractivity contribution is -0.131. The fourth-order valence-electron chi connectivity index (χ4n) is 3.10. The first-order valence-electron chi connectivity index (χ1n) is 10.3. The number of amides is 3. The standard InChI is InChI=1S/C23H27ClFN3O4/c1-4-28(5-2)22(30)8-6-7-21(29)26-16-10-12-20(32-3)19(14-16)27-23(31)17-11-9-15(24)13-18(17)25/h9-14H,4-8H2,1-3H3,(H,26,29)(H,27,31). The van der Waals surface area contributed by atoms with Crippen LogP contribution in [0.4, 0.5) is 15.8 Å². The summed E-state index contributed by atoms with van der Waals surface area (Å²) in [6.07, 6.45) is 0.902. The maximum absolute atomic E-state index is 14.0. The number of carbonyl (C=O) groups is 3. The quantitative estimate of drug-likeness (QED) is 0.533. The van der Waals surface area contributed by atoms with Gasteiger partial charge in [-0.05, 0) is 56.7 Å². The summed E-state index contributed by atoms with van der Waals surface area (Å²) < 4.78 is 19.3. The third kappa shape index (κ3) is 6.95. The van der Waals surface area contributed by atoms with E-state index in [0.29, 0.717) is 37.4 Å². The van der Waals surface area contributed by atoms with Crippen LogP contribution in [0.1, 0.15) is 43.5 Å². The van der Waals surface area contributed by atoms with Gasteiger partial charge in [-0.25, -0.2) is 4.39 Å². The highest BCUT2D eigenvalue weighted by molar-refractivity contribution is 6.30. The summed E-state index contributed by atoms with van der Waals surface area (Å²) in [5, 5.41) is 5.50. The Bertz CT molecular complexity index is 980. The van der Waals surface area contributed by atoms with Crippen LogP contribution in [-0.4, -0.2) is 42.8 Å². The van der Waals surface area contributed by atoms with E-state index in [1.807, 2.05) is 13.8 Å². The second kappa shape index (κ2) is 12.0. The van der Waals surface area contributed by atoms with Crippen LogP contribution in [0.25, 0.3) is 0 Å². The number of halogens is 2. The third-order valence-corrected chi connectivity index (χ3v) is 5.05. The van der Waals surface area contributed by atoms with E-state index in [1.54, 1.807) is 17.0 Å². The van der Waals surface area contributed by atoms with E-state index in [9.17, 15) is 18.8 Å². The van der Waals surface area contributed by atoms with Crippen LogP contribution in [0.15, 0.2) is 36.4 Å². The molecule has 172 valence electrons. The third-order valence-electron chi connectivity index (χ3n) is 4.82. The number of ether oxygens (including phenoxy) is 1. The number of benzene rings is 2. The second-order valence-corrected chi connectivity index (χ2v) is 7.40. The molecule has 0 heterocycles. The van der Waals surface area contributed by atoms with Crippen molar-refractivity contribution in [2.24, 2.45) is 0 Å². The van der Waals surface area contributed by atoms with Crippen LogP contribution < -0.4 is 15.4 Å². The molecule has 0 unspecified atom stereocenters. The number of methoxy groups -OCH3 is 1. The molecule has 0 bridgehead atoms. The van der Waals surface area contributed by atoms with Crippen molar-refractivity contribution in [3.8, 4) is 5.75 Å². The molecule has 2 aromatic rings. The molecule has 0 radical (unpaired) electrons. The van der Waals surface area contributed by atoms with E-state index in [0.717, 1.165) is 6.07 Å². The van der Waals surface area contributed by atoms with E-state index < -0.39 is 11.7 Å². The van der Waals surface area contributed by atoms with Crippen molar-refractivity contribution >= 4 is 40.7 Å². The summed E-state index contributed by atoms with van der Waals surface area (Å²) in [6, 6.07) is 8.46. The number of rotatable bonds is 10. The molecule has 9 heteroatoms. The van der Waals surface area contributed by atoms with Gasteiger partial charge in [-0.2, -0.15) is 0 Å². The molecule has 0 aliphatic heterocycles. The van der Waals surface area contributed by atoms with Crippen LogP contribution in [0.2, 0.25) is 5.02 Å². The molecule has 2 rings (SSSR count). The minimum absolute atomic E-state index is 0.0201. The number of carbonyl (C=O) groups excluding carboxylic acids is 3. The van der Waals surface area contributed by atoms with E-state index >= 15 is 0 Å². The van der Waals surface area contributed by atoms with Gasteiger partial charge in [-0.3, -0.25) is 14.4 Å². The van der Waals surface area contributed by atoms with Crippen molar-refractivity contribution < 1.29 is 23.5 Å². The average Bonchev–Trinajstić information content (AvgIpc) is 2.74. The van der Waals surface area contributed by atoms with E-state index in [1.165, 1.54) is 25.3 Å². The molecule has 3 amide bonds. The summed E-state index contributed by atoms with van der Waals surface area (Å²) in [7, 11) is 1.43. The number of hydrogen-bond acceptors (Lipinski definition) is 4. The molecule has 0 aliphatic carbocycles. The highest BCUT2D eigenvalue weighted by Gasteiger charge is 2.16. The van der Waals surface area contributed by atoms with Gasteiger partial charge in [-0.15, -0.1) is 0 Å². The average molecular weight is 464 g/mol. The van der Waals surface area contributed by atoms with Gasteiger partial charge in [0.25, 0.3) is 5.91 Å². The van der Waals surface area contributed by atoms with Gasteiger partial charge in [0, 0.05) is 36.6 Å². The molecule has 32 heavy (non-hydrogen) atoms.